The first-order valence-corrected chi connectivity index (χ1v) is 6.87. The Bertz CT molecular complexity index is 647. The van der Waals surface area contributed by atoms with Gasteiger partial charge in [-0.25, -0.2) is 4.98 Å². The van der Waals surface area contributed by atoms with Gasteiger partial charge in [-0.2, -0.15) is 0 Å². The second-order valence-electron chi connectivity index (χ2n) is 4.24. The maximum Gasteiger partial charge on any atom is 0.275 e. The maximum atomic E-state index is 12.3. The van der Waals surface area contributed by atoms with Crippen LogP contribution in [0.4, 0.5) is 11.5 Å². The van der Waals surface area contributed by atoms with E-state index in [1.165, 1.54) is 0 Å². The van der Waals surface area contributed by atoms with Crippen LogP contribution in [0.3, 0.4) is 0 Å². The van der Waals surface area contributed by atoms with Crippen molar-refractivity contribution < 1.29 is 9.53 Å². The first-order chi connectivity index (χ1) is 10.1. The number of hydrogen-bond acceptors (Lipinski definition) is 4. The molecule has 5 nitrogen and oxygen atoms in total. The highest BCUT2D eigenvalue weighted by Gasteiger charge is 2.13. The molecule has 0 unspecified atom stereocenters. The number of nitrogens with one attached hydrogen (secondary N) is 2. The first-order valence-electron chi connectivity index (χ1n) is 6.50. The van der Waals surface area contributed by atoms with Crippen LogP contribution in [0.2, 0.25) is 5.02 Å². The zero-order valence-corrected chi connectivity index (χ0v) is 12.6. The van der Waals surface area contributed by atoms with E-state index in [2.05, 4.69) is 15.6 Å². The van der Waals surface area contributed by atoms with Crippen LogP contribution in [0.15, 0.2) is 36.4 Å². The highest BCUT2D eigenvalue weighted by Crippen LogP contribution is 2.20. The van der Waals surface area contributed by atoms with Crippen molar-refractivity contribution in [2.75, 3.05) is 24.3 Å². The molecule has 0 aliphatic heterocycles. The molecule has 2 rings (SSSR count). The molecule has 0 fully saturated rings. The summed E-state index contributed by atoms with van der Waals surface area (Å²) in [6.45, 7) is 2.66. The Balaban J connectivity index is 2.21. The number of anilines is 2. The summed E-state index contributed by atoms with van der Waals surface area (Å²) in [7, 11) is 1.57. The molecule has 1 heterocycles. The van der Waals surface area contributed by atoms with Gasteiger partial charge in [0, 0.05) is 18.3 Å². The summed E-state index contributed by atoms with van der Waals surface area (Å²) in [6, 6.07) is 10.5. The van der Waals surface area contributed by atoms with Crippen LogP contribution in [0, 0.1) is 0 Å². The lowest BCUT2D eigenvalue weighted by Crippen LogP contribution is -2.15. The molecular formula is C15H16ClN3O2. The van der Waals surface area contributed by atoms with E-state index in [1.807, 2.05) is 6.92 Å². The number of methoxy groups -OCH3 is 1. The van der Waals surface area contributed by atoms with Crippen molar-refractivity contribution >= 4 is 29.0 Å². The SMILES string of the molecule is CCNc1ccc(Cl)c(C(=O)Nc2cccc(OC)c2)n1. The monoisotopic (exact) mass is 305 g/mol. The van der Waals surface area contributed by atoms with Crippen molar-refractivity contribution in [1.82, 2.24) is 4.98 Å². The summed E-state index contributed by atoms with van der Waals surface area (Å²) in [5.41, 5.74) is 0.795. The minimum atomic E-state index is -0.368. The van der Waals surface area contributed by atoms with E-state index in [0.29, 0.717) is 28.8 Å². The minimum absolute atomic E-state index is 0.179. The smallest absolute Gasteiger partial charge is 0.275 e. The molecule has 0 saturated carbocycles. The van der Waals surface area contributed by atoms with Gasteiger partial charge in [0.05, 0.1) is 12.1 Å². The molecule has 0 bridgehead atoms. The Labute approximate surface area is 128 Å². The van der Waals surface area contributed by atoms with Crippen molar-refractivity contribution in [3.05, 3.63) is 47.1 Å². The second kappa shape index (κ2) is 6.95. The summed E-state index contributed by atoms with van der Waals surface area (Å²) < 4.78 is 5.11. The van der Waals surface area contributed by atoms with Crippen LogP contribution in [0.5, 0.6) is 5.75 Å². The average molecular weight is 306 g/mol. The number of benzene rings is 1. The van der Waals surface area contributed by atoms with Crippen molar-refractivity contribution in [3.63, 3.8) is 0 Å². The summed E-state index contributed by atoms with van der Waals surface area (Å²) in [6.07, 6.45) is 0. The normalized spacial score (nSPS) is 10.0. The lowest BCUT2D eigenvalue weighted by Gasteiger charge is -2.09. The maximum absolute atomic E-state index is 12.3. The first kappa shape index (κ1) is 15.1. The molecule has 0 aliphatic carbocycles. The number of carbonyl (C=O) groups is 1. The molecule has 1 aromatic heterocycles. The second-order valence-corrected chi connectivity index (χ2v) is 4.65. The van der Waals surface area contributed by atoms with Crippen LogP contribution in [0.1, 0.15) is 17.4 Å². The average Bonchev–Trinajstić information content (AvgIpc) is 2.49. The quantitative estimate of drug-likeness (QED) is 0.888. The molecule has 1 amide bonds. The third-order valence-corrected chi connectivity index (χ3v) is 3.05. The van der Waals surface area contributed by atoms with E-state index in [1.54, 1.807) is 43.5 Å². The van der Waals surface area contributed by atoms with Gasteiger partial charge in [0.1, 0.15) is 17.3 Å². The third kappa shape index (κ3) is 3.86. The van der Waals surface area contributed by atoms with Gasteiger partial charge in [-0.15, -0.1) is 0 Å². The molecule has 0 atom stereocenters. The number of carbonyl (C=O) groups excluding carboxylic acids is 1. The predicted octanol–water partition coefficient (Wildman–Crippen LogP) is 3.43. The highest BCUT2D eigenvalue weighted by molar-refractivity contribution is 6.34. The number of halogens is 1. The van der Waals surface area contributed by atoms with Crippen LogP contribution in [-0.4, -0.2) is 24.5 Å². The lowest BCUT2D eigenvalue weighted by molar-refractivity contribution is 0.102. The van der Waals surface area contributed by atoms with E-state index in [4.69, 9.17) is 16.3 Å². The molecule has 6 heteroatoms. The Hall–Kier alpha value is -2.27. The van der Waals surface area contributed by atoms with Crippen molar-refractivity contribution in [2.24, 2.45) is 0 Å². The number of amides is 1. The van der Waals surface area contributed by atoms with Crippen molar-refractivity contribution in [2.45, 2.75) is 6.92 Å². The molecular weight excluding hydrogens is 290 g/mol. The van der Waals surface area contributed by atoms with Crippen LogP contribution in [0.25, 0.3) is 0 Å². The standard InChI is InChI=1S/C15H16ClN3O2/c1-3-17-13-8-7-12(16)14(19-13)15(20)18-10-5-4-6-11(9-10)21-2/h4-9H,3H2,1-2H3,(H,17,19)(H,18,20). The molecule has 1 aromatic carbocycles. The van der Waals surface area contributed by atoms with Crippen LogP contribution in [-0.2, 0) is 0 Å². The minimum Gasteiger partial charge on any atom is -0.497 e. The fraction of sp³-hybridized carbons (Fsp3) is 0.200. The van der Waals surface area contributed by atoms with Gasteiger partial charge in [-0.3, -0.25) is 4.79 Å². The summed E-state index contributed by atoms with van der Waals surface area (Å²) in [5, 5.41) is 6.09. The van der Waals surface area contributed by atoms with Crippen LogP contribution >= 0.6 is 11.6 Å². The third-order valence-electron chi connectivity index (χ3n) is 2.75. The van der Waals surface area contributed by atoms with Gasteiger partial charge in [-0.1, -0.05) is 17.7 Å². The molecule has 0 spiro atoms. The van der Waals surface area contributed by atoms with Crippen LogP contribution < -0.4 is 15.4 Å². The summed E-state index contributed by atoms with van der Waals surface area (Å²) in [4.78, 5) is 16.5. The topological polar surface area (TPSA) is 63.2 Å². The molecule has 0 aliphatic rings. The number of aromatic nitrogens is 1. The summed E-state index contributed by atoms with van der Waals surface area (Å²) >= 11 is 6.04. The number of hydrogen-bond donors (Lipinski definition) is 2. The molecule has 2 N–H and O–H groups in total. The molecule has 21 heavy (non-hydrogen) atoms. The Kier molecular flexibility index (Phi) is 5.00. The summed E-state index contributed by atoms with van der Waals surface area (Å²) in [5.74, 6) is 0.902. The number of ether oxygens (including phenoxy) is 1. The molecule has 2 aromatic rings. The highest BCUT2D eigenvalue weighted by atomic mass is 35.5. The van der Waals surface area contributed by atoms with Crippen molar-refractivity contribution in [1.29, 1.82) is 0 Å². The zero-order chi connectivity index (χ0) is 15.2. The molecule has 110 valence electrons. The number of pyridine rings is 1. The van der Waals surface area contributed by atoms with E-state index in [-0.39, 0.29) is 11.6 Å². The van der Waals surface area contributed by atoms with Gasteiger partial charge >= 0.3 is 0 Å². The Morgan fingerprint density at radius 1 is 1.33 bits per heavy atom. The molecule has 0 radical (unpaired) electrons. The van der Waals surface area contributed by atoms with E-state index >= 15 is 0 Å². The predicted molar refractivity (Wildman–Crippen MR) is 84.4 cm³/mol. The lowest BCUT2D eigenvalue weighted by atomic mass is 10.2. The fourth-order valence-corrected chi connectivity index (χ4v) is 1.96. The largest absolute Gasteiger partial charge is 0.497 e. The van der Waals surface area contributed by atoms with Gasteiger partial charge in [-0.05, 0) is 31.2 Å². The van der Waals surface area contributed by atoms with E-state index < -0.39 is 0 Å². The number of rotatable bonds is 5. The van der Waals surface area contributed by atoms with Gasteiger partial charge < -0.3 is 15.4 Å². The number of nitrogens with zero attached hydrogens (tertiary/aromatic N) is 1. The van der Waals surface area contributed by atoms with Crippen molar-refractivity contribution in [3.8, 4) is 5.75 Å². The van der Waals surface area contributed by atoms with Gasteiger partial charge in [0.2, 0.25) is 0 Å². The van der Waals surface area contributed by atoms with E-state index in [0.717, 1.165) is 0 Å². The van der Waals surface area contributed by atoms with Gasteiger partial charge in [0.25, 0.3) is 5.91 Å². The van der Waals surface area contributed by atoms with E-state index in [9.17, 15) is 4.79 Å². The fourth-order valence-electron chi connectivity index (χ4n) is 1.77. The Morgan fingerprint density at radius 2 is 2.14 bits per heavy atom. The zero-order valence-electron chi connectivity index (χ0n) is 11.8. The molecule has 0 saturated heterocycles. The Morgan fingerprint density at radius 3 is 2.86 bits per heavy atom. The van der Waals surface area contributed by atoms with Gasteiger partial charge in [0.15, 0.2) is 0 Å².